The van der Waals surface area contributed by atoms with Crippen molar-refractivity contribution in [1.82, 2.24) is 0 Å². The second-order valence-electron chi connectivity index (χ2n) is 15.9. The van der Waals surface area contributed by atoms with Crippen LogP contribution in [0.1, 0.15) is 269 Å². The minimum atomic E-state index is 1.29. The van der Waals surface area contributed by atoms with E-state index in [9.17, 15) is 0 Å². The third-order valence-corrected chi connectivity index (χ3v) is 11.2. The molecule has 0 aliphatic heterocycles. The topological polar surface area (TPSA) is 0 Å². The van der Waals surface area contributed by atoms with Crippen molar-refractivity contribution in [1.29, 1.82) is 0 Å². The first-order valence-corrected chi connectivity index (χ1v) is 22.8. The Kier molecular flexibility index (Phi) is 35.3. The molecule has 0 spiro atoms. The summed E-state index contributed by atoms with van der Waals surface area (Å²) in [7, 11) is 0. The smallest absolute Gasteiger partial charge is 0.0178 e. The van der Waals surface area contributed by atoms with E-state index in [2.05, 4.69) is 39.0 Å². The minimum absolute atomic E-state index is 1.29. The van der Waals surface area contributed by atoms with Crippen molar-refractivity contribution >= 4 is 0 Å². The van der Waals surface area contributed by atoms with Crippen molar-refractivity contribution in [2.75, 3.05) is 0 Å². The lowest BCUT2D eigenvalue weighted by atomic mass is 9.90. The molecule has 0 aromatic heterocycles. The van der Waals surface area contributed by atoms with Gasteiger partial charge in [0.25, 0.3) is 0 Å². The number of aryl methyl sites for hydroxylation is 2. The van der Waals surface area contributed by atoms with E-state index in [1.165, 1.54) is 250 Å². The van der Waals surface area contributed by atoms with E-state index in [4.69, 9.17) is 0 Å². The molecule has 0 atom stereocenters. The van der Waals surface area contributed by atoms with Crippen LogP contribution in [0.5, 0.6) is 0 Å². The van der Waals surface area contributed by atoms with E-state index in [1.807, 2.05) is 0 Å². The molecule has 1 rings (SSSR count). The maximum Gasteiger partial charge on any atom is -0.0178 e. The molecule has 281 valence electrons. The lowest BCUT2D eigenvalue weighted by Gasteiger charge is -2.15. The van der Waals surface area contributed by atoms with E-state index in [1.54, 1.807) is 16.7 Å². The van der Waals surface area contributed by atoms with Crippen LogP contribution in [0.15, 0.2) is 12.1 Å². The zero-order valence-corrected chi connectivity index (χ0v) is 33.7. The van der Waals surface area contributed by atoms with Gasteiger partial charge in [0.2, 0.25) is 0 Å². The predicted octanol–water partition coefficient (Wildman–Crippen LogP) is 17.2. The first-order chi connectivity index (χ1) is 23.8. The number of rotatable bonds is 39. The molecule has 0 heteroatoms. The Hall–Kier alpha value is -0.780. The first-order valence-electron chi connectivity index (χ1n) is 22.8. The van der Waals surface area contributed by atoms with Gasteiger partial charge in [-0.2, -0.15) is 0 Å². The maximum absolute atomic E-state index is 3.60. The fourth-order valence-corrected chi connectivity index (χ4v) is 7.85. The molecule has 0 unspecified atom stereocenters. The Bertz CT molecular complexity index is 700. The normalized spacial score (nSPS) is 11.6. The van der Waals surface area contributed by atoms with Gasteiger partial charge < -0.3 is 0 Å². The van der Waals surface area contributed by atoms with E-state index < -0.39 is 0 Å². The van der Waals surface area contributed by atoms with Gasteiger partial charge in [0.05, 0.1) is 0 Å². The summed E-state index contributed by atoms with van der Waals surface area (Å²) in [5.74, 6) is 0. The maximum atomic E-state index is 3.60. The average Bonchev–Trinajstić information content (AvgIpc) is 3.10. The lowest BCUT2D eigenvalue weighted by Crippen LogP contribution is -2.02. The minimum Gasteiger partial charge on any atom is -0.0654 e. The highest BCUT2D eigenvalue weighted by Gasteiger charge is 2.09. The van der Waals surface area contributed by atoms with Gasteiger partial charge in [-0.1, -0.05) is 245 Å². The fourth-order valence-electron chi connectivity index (χ4n) is 7.85. The summed E-state index contributed by atoms with van der Waals surface area (Å²) >= 11 is 0. The number of hydrogen-bond donors (Lipinski definition) is 0. The van der Waals surface area contributed by atoms with E-state index >= 15 is 0 Å². The van der Waals surface area contributed by atoms with Crippen LogP contribution in [0.25, 0.3) is 0 Å². The molecular weight excluding hydrogens is 577 g/mol. The van der Waals surface area contributed by atoms with Gasteiger partial charge in [0.1, 0.15) is 0 Å². The molecule has 48 heavy (non-hydrogen) atoms. The zero-order chi connectivity index (χ0) is 34.4. The third-order valence-electron chi connectivity index (χ3n) is 11.2. The Balaban J connectivity index is 2.37. The van der Waals surface area contributed by atoms with Crippen molar-refractivity contribution in [2.24, 2.45) is 0 Å². The van der Waals surface area contributed by atoms with Crippen LogP contribution in [-0.2, 0) is 19.3 Å². The largest absolute Gasteiger partial charge is 0.0654 e. The highest BCUT2D eigenvalue weighted by atomic mass is 14.1. The number of benzene rings is 1. The highest BCUT2D eigenvalue weighted by molar-refractivity contribution is 5.35. The zero-order valence-electron chi connectivity index (χ0n) is 33.7. The molecule has 0 fully saturated rings. The summed E-state index contributed by atoms with van der Waals surface area (Å²) in [5, 5.41) is 0. The Morgan fingerprint density at radius 3 is 0.729 bits per heavy atom. The number of unbranched alkanes of at least 4 members (excludes halogenated alkanes) is 33. The molecule has 0 nitrogen and oxygen atoms in total. The van der Waals surface area contributed by atoms with Crippen molar-refractivity contribution in [3.8, 4) is 0 Å². The molecule has 0 heterocycles. The van der Waals surface area contributed by atoms with Crippen LogP contribution in [0.3, 0.4) is 0 Å². The second kappa shape index (κ2) is 37.5. The number of hydrogen-bond acceptors (Lipinski definition) is 0. The van der Waals surface area contributed by atoms with E-state index in [0.717, 1.165) is 0 Å². The van der Waals surface area contributed by atoms with Crippen LogP contribution < -0.4 is 0 Å². The second-order valence-corrected chi connectivity index (χ2v) is 15.9. The average molecular weight is 666 g/mol. The first kappa shape index (κ1) is 45.2. The van der Waals surface area contributed by atoms with Crippen LogP contribution in [0.2, 0.25) is 0 Å². The highest BCUT2D eigenvalue weighted by Crippen LogP contribution is 2.24. The molecule has 0 bridgehead atoms. The van der Waals surface area contributed by atoms with Crippen molar-refractivity contribution in [3.05, 3.63) is 34.9 Å². The molecule has 1 radical (unpaired) electrons. The monoisotopic (exact) mass is 666 g/mol. The quantitative estimate of drug-likeness (QED) is 0.0614. The van der Waals surface area contributed by atoms with Gasteiger partial charge in [0.15, 0.2) is 0 Å². The molecule has 0 saturated heterocycles. The van der Waals surface area contributed by atoms with Gasteiger partial charge >= 0.3 is 0 Å². The fraction of sp³-hybridized carbons (Fsp3) is 0.875. The Morgan fingerprint density at radius 2 is 0.479 bits per heavy atom. The summed E-state index contributed by atoms with van der Waals surface area (Å²) in [6.07, 6.45) is 55.6. The Morgan fingerprint density at radius 1 is 0.271 bits per heavy atom. The van der Waals surface area contributed by atoms with Crippen LogP contribution in [0, 0.1) is 6.07 Å². The van der Waals surface area contributed by atoms with Gasteiger partial charge in [-0.25, -0.2) is 0 Å². The summed E-state index contributed by atoms with van der Waals surface area (Å²) in [5.41, 5.74) is 5.05. The summed E-state index contributed by atoms with van der Waals surface area (Å²) in [4.78, 5) is 0. The molecule has 0 N–H and O–H groups in total. The van der Waals surface area contributed by atoms with E-state index in [0.29, 0.717) is 0 Å². The molecule has 0 aliphatic rings. The standard InChI is InChI=1S/C48H89/c1-4-7-10-13-16-19-22-25-28-31-34-37-41-46-43-40-44-47(42-38-35-32-29-26-23-20-17-14-11-8-5-2)48(46)45-39-36-33-30-27-24-21-18-15-12-9-6-3/h43-44H,4-39,41-42,45H2,1-3H3. The molecular formula is C48H89. The lowest BCUT2D eigenvalue weighted by molar-refractivity contribution is 0.540. The van der Waals surface area contributed by atoms with Crippen LogP contribution in [-0.4, -0.2) is 0 Å². The molecule has 0 aliphatic carbocycles. The van der Waals surface area contributed by atoms with E-state index in [-0.39, 0.29) is 0 Å². The molecule has 1 aromatic carbocycles. The summed E-state index contributed by atoms with van der Waals surface area (Å²) < 4.78 is 0. The van der Waals surface area contributed by atoms with Crippen molar-refractivity contribution in [2.45, 2.75) is 271 Å². The SMILES string of the molecule is CCCCCCCCCCCCCCc1c[c]cc(CCCCCCCCCCCCCC)c1CCCCCCCCCCCCCC. The van der Waals surface area contributed by atoms with Crippen molar-refractivity contribution < 1.29 is 0 Å². The van der Waals surface area contributed by atoms with Crippen molar-refractivity contribution in [3.63, 3.8) is 0 Å². The third kappa shape index (κ3) is 29.0. The van der Waals surface area contributed by atoms with Crippen LogP contribution in [0.4, 0.5) is 0 Å². The van der Waals surface area contributed by atoms with Gasteiger partial charge in [0, 0.05) is 0 Å². The predicted molar refractivity (Wildman–Crippen MR) is 220 cm³/mol. The van der Waals surface area contributed by atoms with Gasteiger partial charge in [-0.05, 0) is 61.3 Å². The molecule has 1 aromatic rings. The molecule has 0 amide bonds. The van der Waals surface area contributed by atoms with Crippen LogP contribution >= 0.6 is 0 Å². The summed E-state index contributed by atoms with van der Waals surface area (Å²) in [6.45, 7) is 6.95. The summed E-state index contributed by atoms with van der Waals surface area (Å²) in [6, 6.07) is 8.35. The Labute approximate surface area is 305 Å². The van der Waals surface area contributed by atoms with Gasteiger partial charge in [-0.15, -0.1) is 0 Å². The van der Waals surface area contributed by atoms with Gasteiger partial charge in [-0.3, -0.25) is 0 Å². The molecule has 0 saturated carbocycles.